The second-order valence-corrected chi connectivity index (χ2v) is 8.36. The van der Waals surface area contributed by atoms with E-state index in [1.54, 1.807) is 12.1 Å². The van der Waals surface area contributed by atoms with Gasteiger partial charge in [0.2, 0.25) is 5.91 Å². The number of hydrogen-bond donors (Lipinski definition) is 0. The van der Waals surface area contributed by atoms with E-state index in [0.29, 0.717) is 17.0 Å². The molecule has 1 atom stereocenters. The average Bonchev–Trinajstić information content (AvgIpc) is 3.04. The van der Waals surface area contributed by atoms with E-state index in [9.17, 15) is 9.18 Å². The molecule has 1 heterocycles. The Kier molecular flexibility index (Phi) is 6.52. The Morgan fingerprint density at radius 3 is 2.56 bits per heavy atom. The fourth-order valence-electron chi connectivity index (χ4n) is 3.70. The highest BCUT2D eigenvalue weighted by molar-refractivity contribution is 8.00. The lowest BCUT2D eigenvalue weighted by Crippen LogP contribution is -2.44. The topological polar surface area (TPSA) is 51.0 Å². The molecule has 1 aromatic carbocycles. The fourth-order valence-corrected chi connectivity index (χ4v) is 4.58. The normalized spacial score (nSPS) is 16.3. The van der Waals surface area contributed by atoms with Gasteiger partial charge in [-0.1, -0.05) is 31.0 Å². The van der Waals surface area contributed by atoms with Crippen LogP contribution in [0.25, 0.3) is 11.4 Å². The molecule has 5 nitrogen and oxygen atoms in total. The lowest BCUT2D eigenvalue weighted by Gasteiger charge is -2.35. The second kappa shape index (κ2) is 8.87. The van der Waals surface area contributed by atoms with Gasteiger partial charge in [0, 0.05) is 25.2 Å². The van der Waals surface area contributed by atoms with Crippen LogP contribution in [0.5, 0.6) is 0 Å². The van der Waals surface area contributed by atoms with Crippen LogP contribution in [-0.4, -0.2) is 43.4 Å². The smallest absolute Gasteiger partial charge is 0.236 e. The molecule has 3 rings (SSSR count). The summed E-state index contributed by atoms with van der Waals surface area (Å²) in [6.07, 6.45) is 5.91. The zero-order valence-electron chi connectivity index (χ0n) is 16.2. The predicted octanol–water partition coefficient (Wildman–Crippen LogP) is 4.28. The van der Waals surface area contributed by atoms with Crippen molar-refractivity contribution in [2.24, 2.45) is 7.05 Å². The van der Waals surface area contributed by atoms with Gasteiger partial charge in [0.1, 0.15) is 5.82 Å². The number of halogens is 1. The van der Waals surface area contributed by atoms with Gasteiger partial charge in [-0.2, -0.15) is 0 Å². The summed E-state index contributed by atoms with van der Waals surface area (Å²) in [7, 11) is 1.87. The maximum atomic E-state index is 13.1. The highest BCUT2D eigenvalue weighted by Gasteiger charge is 2.29. The van der Waals surface area contributed by atoms with E-state index in [1.807, 2.05) is 23.4 Å². The Morgan fingerprint density at radius 1 is 1.26 bits per heavy atom. The Morgan fingerprint density at radius 2 is 1.93 bits per heavy atom. The van der Waals surface area contributed by atoms with Crippen LogP contribution < -0.4 is 0 Å². The number of thioether (sulfide) groups is 1. The standard InChI is InChI=1S/C20H27FN4OS/c1-4-25(17-8-6-5-7-9-17)19(26)14(2)27-20-23-22-18(24(20)3)15-10-12-16(21)13-11-15/h10-14,17H,4-9H2,1-3H3/t14-/m0/s1. The molecule has 1 aromatic heterocycles. The first-order valence-corrected chi connectivity index (χ1v) is 10.5. The quantitative estimate of drug-likeness (QED) is 0.691. The number of benzene rings is 1. The van der Waals surface area contributed by atoms with E-state index in [1.165, 1.54) is 43.2 Å². The molecule has 0 unspecified atom stereocenters. The molecule has 1 fully saturated rings. The van der Waals surface area contributed by atoms with Gasteiger partial charge in [-0.3, -0.25) is 4.79 Å². The van der Waals surface area contributed by atoms with Crippen LogP contribution in [-0.2, 0) is 11.8 Å². The van der Waals surface area contributed by atoms with Gasteiger partial charge < -0.3 is 9.47 Å². The minimum Gasteiger partial charge on any atom is -0.339 e. The molecule has 7 heteroatoms. The molecule has 146 valence electrons. The van der Waals surface area contributed by atoms with Crippen molar-refractivity contribution in [3.63, 3.8) is 0 Å². The van der Waals surface area contributed by atoms with Crippen LogP contribution in [0, 0.1) is 5.82 Å². The third kappa shape index (κ3) is 4.51. The van der Waals surface area contributed by atoms with Crippen molar-refractivity contribution in [1.82, 2.24) is 19.7 Å². The SMILES string of the molecule is CCN(C(=O)[C@H](C)Sc1nnc(-c2ccc(F)cc2)n1C)C1CCCCC1. The third-order valence-corrected chi connectivity index (χ3v) is 6.33. The lowest BCUT2D eigenvalue weighted by atomic mass is 9.94. The summed E-state index contributed by atoms with van der Waals surface area (Å²) in [5.74, 6) is 0.551. The molecule has 1 aliphatic carbocycles. The van der Waals surface area contributed by atoms with Crippen molar-refractivity contribution in [2.75, 3.05) is 6.54 Å². The first-order valence-electron chi connectivity index (χ1n) is 9.63. The maximum Gasteiger partial charge on any atom is 0.236 e. The molecule has 27 heavy (non-hydrogen) atoms. The molecule has 1 saturated carbocycles. The number of carbonyl (C=O) groups is 1. The van der Waals surface area contributed by atoms with E-state index in [0.717, 1.165) is 24.9 Å². The highest BCUT2D eigenvalue weighted by Crippen LogP contribution is 2.29. The molecule has 0 radical (unpaired) electrons. The summed E-state index contributed by atoms with van der Waals surface area (Å²) in [5.41, 5.74) is 0.801. The van der Waals surface area contributed by atoms with Crippen LogP contribution in [0.15, 0.2) is 29.4 Å². The van der Waals surface area contributed by atoms with Gasteiger partial charge in [-0.05, 0) is 51.0 Å². The Bertz CT molecular complexity index is 771. The van der Waals surface area contributed by atoms with E-state index < -0.39 is 0 Å². The third-order valence-electron chi connectivity index (χ3n) is 5.21. The van der Waals surface area contributed by atoms with Crippen LogP contribution in [0.4, 0.5) is 4.39 Å². The Labute approximate surface area is 164 Å². The first kappa shape index (κ1) is 19.9. The van der Waals surface area contributed by atoms with Crippen molar-refractivity contribution < 1.29 is 9.18 Å². The number of aromatic nitrogens is 3. The van der Waals surface area contributed by atoms with Gasteiger partial charge >= 0.3 is 0 Å². The van der Waals surface area contributed by atoms with Crippen molar-refractivity contribution in [1.29, 1.82) is 0 Å². The molecule has 0 N–H and O–H groups in total. The first-order chi connectivity index (χ1) is 13.0. The van der Waals surface area contributed by atoms with Crippen LogP contribution in [0.1, 0.15) is 46.0 Å². The molecule has 0 saturated heterocycles. The molecule has 2 aromatic rings. The largest absolute Gasteiger partial charge is 0.339 e. The Balaban J connectivity index is 1.70. The van der Waals surface area contributed by atoms with Crippen LogP contribution >= 0.6 is 11.8 Å². The second-order valence-electron chi connectivity index (χ2n) is 7.05. The minimum absolute atomic E-state index is 0.167. The minimum atomic E-state index is -0.280. The van der Waals surface area contributed by atoms with E-state index in [4.69, 9.17) is 0 Å². The molecule has 0 spiro atoms. The lowest BCUT2D eigenvalue weighted by molar-refractivity contribution is -0.133. The van der Waals surface area contributed by atoms with Gasteiger partial charge in [0.25, 0.3) is 0 Å². The number of hydrogen-bond acceptors (Lipinski definition) is 4. The van der Waals surface area contributed by atoms with Gasteiger partial charge in [-0.15, -0.1) is 10.2 Å². The number of carbonyl (C=O) groups excluding carboxylic acids is 1. The highest BCUT2D eigenvalue weighted by atomic mass is 32.2. The van der Waals surface area contributed by atoms with Gasteiger partial charge in [-0.25, -0.2) is 4.39 Å². The molecular formula is C20H27FN4OS. The molecule has 0 bridgehead atoms. The molecule has 0 aliphatic heterocycles. The zero-order valence-corrected chi connectivity index (χ0v) is 17.0. The van der Waals surface area contributed by atoms with Crippen molar-refractivity contribution in [3.8, 4) is 11.4 Å². The van der Waals surface area contributed by atoms with Crippen LogP contribution in [0.2, 0.25) is 0 Å². The van der Waals surface area contributed by atoms with Gasteiger partial charge in [0.15, 0.2) is 11.0 Å². The summed E-state index contributed by atoms with van der Waals surface area (Å²) >= 11 is 1.43. The number of nitrogens with zero attached hydrogens (tertiary/aromatic N) is 4. The van der Waals surface area contributed by atoms with Crippen molar-refractivity contribution in [2.45, 2.75) is 62.4 Å². The summed E-state index contributed by atoms with van der Waals surface area (Å²) < 4.78 is 15.0. The summed E-state index contributed by atoms with van der Waals surface area (Å²) in [6, 6.07) is 6.56. The van der Waals surface area contributed by atoms with E-state index in [2.05, 4.69) is 17.1 Å². The number of rotatable bonds is 6. The van der Waals surface area contributed by atoms with Crippen LogP contribution in [0.3, 0.4) is 0 Å². The zero-order chi connectivity index (χ0) is 19.4. The summed E-state index contributed by atoms with van der Waals surface area (Å²) in [5, 5.41) is 8.94. The van der Waals surface area contributed by atoms with E-state index >= 15 is 0 Å². The maximum absolute atomic E-state index is 13.1. The summed E-state index contributed by atoms with van der Waals surface area (Å²) in [6.45, 7) is 4.73. The van der Waals surface area contributed by atoms with Gasteiger partial charge in [0.05, 0.1) is 5.25 Å². The number of amides is 1. The molecule has 1 aliphatic rings. The monoisotopic (exact) mass is 390 g/mol. The molecular weight excluding hydrogens is 363 g/mol. The van der Waals surface area contributed by atoms with E-state index in [-0.39, 0.29) is 17.0 Å². The fraction of sp³-hybridized carbons (Fsp3) is 0.550. The molecule has 1 amide bonds. The average molecular weight is 391 g/mol. The Hall–Kier alpha value is -1.89. The van der Waals surface area contributed by atoms with Crippen molar-refractivity contribution in [3.05, 3.63) is 30.1 Å². The summed E-state index contributed by atoms with van der Waals surface area (Å²) in [4.78, 5) is 15.0. The van der Waals surface area contributed by atoms with Crippen molar-refractivity contribution >= 4 is 17.7 Å². The predicted molar refractivity (Wildman–Crippen MR) is 106 cm³/mol.